The van der Waals surface area contributed by atoms with Gasteiger partial charge in [0.1, 0.15) is 0 Å². The Hall–Kier alpha value is -2.13. The maximum absolute atomic E-state index is 10.9. The van der Waals surface area contributed by atoms with E-state index in [1.54, 1.807) is 12.1 Å². The Kier molecular flexibility index (Phi) is 4.53. The van der Waals surface area contributed by atoms with E-state index in [9.17, 15) is 4.79 Å². The van der Waals surface area contributed by atoms with Gasteiger partial charge < -0.3 is 10.4 Å². The van der Waals surface area contributed by atoms with Crippen molar-refractivity contribution in [2.24, 2.45) is 0 Å². The van der Waals surface area contributed by atoms with Gasteiger partial charge in [0.15, 0.2) is 0 Å². The molecule has 20 heavy (non-hydrogen) atoms. The zero-order chi connectivity index (χ0) is 14.5. The number of hydrogen-bond donors (Lipinski definition) is 2. The van der Waals surface area contributed by atoms with E-state index in [1.807, 2.05) is 19.2 Å². The normalized spacial score (nSPS) is 12.1. The van der Waals surface area contributed by atoms with Crippen molar-refractivity contribution in [3.8, 4) is 0 Å². The number of carboxylic acids is 1. The molecule has 0 fully saturated rings. The van der Waals surface area contributed by atoms with Crippen molar-refractivity contribution in [3.63, 3.8) is 0 Å². The largest absolute Gasteiger partial charge is 0.478 e. The summed E-state index contributed by atoms with van der Waals surface area (Å²) in [6, 6.07) is 15.6. The van der Waals surface area contributed by atoms with E-state index in [-0.39, 0.29) is 6.04 Å². The highest BCUT2D eigenvalue weighted by molar-refractivity contribution is 5.87. The minimum Gasteiger partial charge on any atom is -0.478 e. The number of nitrogens with one attached hydrogen (secondary N) is 1. The average Bonchev–Trinajstić information content (AvgIpc) is 2.49. The third kappa shape index (κ3) is 3.06. The van der Waals surface area contributed by atoms with Crippen LogP contribution in [0, 0.1) is 0 Å². The summed E-state index contributed by atoms with van der Waals surface area (Å²) in [4.78, 5) is 10.9. The van der Waals surface area contributed by atoms with Gasteiger partial charge in [0.2, 0.25) is 0 Å². The lowest BCUT2D eigenvalue weighted by Crippen LogP contribution is -2.17. The lowest BCUT2D eigenvalue weighted by atomic mass is 9.96. The smallest absolute Gasteiger partial charge is 0.335 e. The minimum absolute atomic E-state index is 0.0729. The predicted octanol–water partition coefficient (Wildman–Crippen LogP) is 3.26. The molecule has 0 spiro atoms. The van der Waals surface area contributed by atoms with E-state index < -0.39 is 5.97 Å². The van der Waals surface area contributed by atoms with E-state index in [2.05, 4.69) is 36.5 Å². The van der Waals surface area contributed by atoms with Crippen LogP contribution in [0.3, 0.4) is 0 Å². The molecule has 2 N–H and O–H groups in total. The van der Waals surface area contributed by atoms with E-state index in [4.69, 9.17) is 5.11 Å². The standard InChI is InChI=1S/C17H19NO2/c1-3-12-4-6-13(7-5-12)16(18-2)14-8-10-15(11-9-14)17(19)20/h4-11,16,18H,3H2,1-2H3,(H,19,20). The fourth-order valence-electron chi connectivity index (χ4n) is 2.29. The van der Waals surface area contributed by atoms with Crippen LogP contribution >= 0.6 is 0 Å². The highest BCUT2D eigenvalue weighted by Crippen LogP contribution is 2.22. The zero-order valence-corrected chi connectivity index (χ0v) is 11.8. The van der Waals surface area contributed by atoms with Crippen LogP contribution in [0.25, 0.3) is 0 Å². The third-order valence-corrected chi connectivity index (χ3v) is 3.50. The molecule has 0 amide bonds. The summed E-state index contributed by atoms with van der Waals surface area (Å²) in [7, 11) is 1.91. The number of carboxylic acid groups (broad SMARTS) is 1. The molecule has 0 saturated heterocycles. The summed E-state index contributed by atoms with van der Waals surface area (Å²) in [5.41, 5.74) is 3.85. The molecule has 0 radical (unpaired) electrons. The van der Waals surface area contributed by atoms with Crippen LogP contribution in [0.2, 0.25) is 0 Å². The first-order valence-corrected chi connectivity index (χ1v) is 6.75. The van der Waals surface area contributed by atoms with E-state index in [1.165, 1.54) is 11.1 Å². The quantitative estimate of drug-likeness (QED) is 0.876. The molecule has 2 rings (SSSR count). The maximum Gasteiger partial charge on any atom is 0.335 e. The Morgan fingerprint density at radius 3 is 1.95 bits per heavy atom. The Morgan fingerprint density at radius 1 is 1.05 bits per heavy atom. The highest BCUT2D eigenvalue weighted by atomic mass is 16.4. The van der Waals surface area contributed by atoms with Gasteiger partial charge >= 0.3 is 5.97 Å². The molecule has 3 nitrogen and oxygen atoms in total. The van der Waals surface area contributed by atoms with Crippen molar-refractivity contribution in [2.75, 3.05) is 7.05 Å². The second-order valence-electron chi connectivity index (χ2n) is 4.74. The maximum atomic E-state index is 10.9. The molecule has 2 aromatic rings. The second kappa shape index (κ2) is 6.35. The highest BCUT2D eigenvalue weighted by Gasteiger charge is 2.12. The summed E-state index contributed by atoms with van der Waals surface area (Å²) >= 11 is 0. The van der Waals surface area contributed by atoms with Crippen LogP contribution < -0.4 is 5.32 Å². The molecule has 1 unspecified atom stereocenters. The van der Waals surface area contributed by atoms with Gasteiger partial charge in [0.05, 0.1) is 11.6 Å². The van der Waals surface area contributed by atoms with Crippen molar-refractivity contribution in [1.29, 1.82) is 0 Å². The zero-order valence-electron chi connectivity index (χ0n) is 11.8. The van der Waals surface area contributed by atoms with Crippen molar-refractivity contribution < 1.29 is 9.90 Å². The van der Waals surface area contributed by atoms with Crippen molar-refractivity contribution in [3.05, 3.63) is 70.8 Å². The summed E-state index contributed by atoms with van der Waals surface area (Å²) in [5.74, 6) is -0.898. The third-order valence-electron chi connectivity index (χ3n) is 3.50. The molecule has 3 heteroatoms. The molecule has 104 valence electrons. The van der Waals surface area contributed by atoms with Crippen LogP contribution in [0.5, 0.6) is 0 Å². The van der Waals surface area contributed by atoms with Crippen LogP contribution in [-0.2, 0) is 6.42 Å². The molecule has 0 saturated carbocycles. The Labute approximate surface area is 119 Å². The van der Waals surface area contributed by atoms with E-state index >= 15 is 0 Å². The number of carbonyl (C=O) groups is 1. The fourth-order valence-corrected chi connectivity index (χ4v) is 2.29. The fraction of sp³-hybridized carbons (Fsp3) is 0.235. The Balaban J connectivity index is 2.28. The SMILES string of the molecule is CCc1ccc(C(NC)c2ccc(C(=O)O)cc2)cc1. The molecule has 1 atom stereocenters. The van der Waals surface area contributed by atoms with Gasteiger partial charge in [-0.05, 0) is 42.3 Å². The van der Waals surface area contributed by atoms with Crippen molar-refractivity contribution in [1.82, 2.24) is 5.32 Å². The summed E-state index contributed by atoms with van der Waals surface area (Å²) < 4.78 is 0. The van der Waals surface area contributed by atoms with Gasteiger partial charge in [-0.25, -0.2) is 4.79 Å². The molecule has 0 aliphatic carbocycles. The first-order valence-electron chi connectivity index (χ1n) is 6.75. The lowest BCUT2D eigenvalue weighted by molar-refractivity contribution is 0.0697. The van der Waals surface area contributed by atoms with Crippen LogP contribution in [0.4, 0.5) is 0 Å². The number of hydrogen-bond acceptors (Lipinski definition) is 2. The van der Waals surface area contributed by atoms with Crippen molar-refractivity contribution in [2.45, 2.75) is 19.4 Å². The summed E-state index contributed by atoms with van der Waals surface area (Å²) in [6.07, 6.45) is 1.03. The predicted molar refractivity (Wildman–Crippen MR) is 80.1 cm³/mol. The topological polar surface area (TPSA) is 49.3 Å². The van der Waals surface area contributed by atoms with Crippen LogP contribution in [0.1, 0.15) is 40.0 Å². The molecule has 0 bridgehead atoms. The Morgan fingerprint density at radius 2 is 1.55 bits per heavy atom. The van der Waals surface area contributed by atoms with Crippen LogP contribution in [0.15, 0.2) is 48.5 Å². The lowest BCUT2D eigenvalue weighted by Gasteiger charge is -2.17. The monoisotopic (exact) mass is 269 g/mol. The molecule has 0 aromatic heterocycles. The summed E-state index contributed by atoms with van der Waals surface area (Å²) in [5, 5.41) is 12.2. The number of aromatic carboxylic acids is 1. The first-order chi connectivity index (χ1) is 9.65. The van der Waals surface area contributed by atoms with Gasteiger partial charge in [-0.15, -0.1) is 0 Å². The van der Waals surface area contributed by atoms with Gasteiger partial charge in [-0.1, -0.05) is 43.3 Å². The average molecular weight is 269 g/mol. The number of rotatable bonds is 5. The molecule has 0 aliphatic heterocycles. The van der Waals surface area contributed by atoms with Gasteiger partial charge in [-0.2, -0.15) is 0 Å². The van der Waals surface area contributed by atoms with Crippen LogP contribution in [-0.4, -0.2) is 18.1 Å². The van der Waals surface area contributed by atoms with Gasteiger partial charge in [-0.3, -0.25) is 0 Å². The minimum atomic E-state index is -0.898. The van der Waals surface area contributed by atoms with Gasteiger partial charge in [0.25, 0.3) is 0 Å². The van der Waals surface area contributed by atoms with E-state index in [0.717, 1.165) is 12.0 Å². The molecule has 0 aliphatic rings. The molecule has 2 aromatic carbocycles. The summed E-state index contributed by atoms with van der Waals surface area (Å²) in [6.45, 7) is 2.13. The molecular formula is C17H19NO2. The first kappa shape index (κ1) is 14.3. The molecule has 0 heterocycles. The molecular weight excluding hydrogens is 250 g/mol. The van der Waals surface area contributed by atoms with E-state index in [0.29, 0.717) is 5.56 Å². The number of aryl methyl sites for hydroxylation is 1. The van der Waals surface area contributed by atoms with Gasteiger partial charge in [0, 0.05) is 0 Å². The number of benzene rings is 2. The second-order valence-corrected chi connectivity index (χ2v) is 4.74. The Bertz CT molecular complexity index is 573. The van der Waals surface area contributed by atoms with Crippen molar-refractivity contribution >= 4 is 5.97 Å².